The maximum atomic E-state index is 11.6. The average Bonchev–Trinajstić information content (AvgIpc) is 2.47. The zero-order valence-corrected chi connectivity index (χ0v) is 10.7. The van der Waals surface area contributed by atoms with Gasteiger partial charge in [0, 0.05) is 11.3 Å². The minimum atomic E-state index is -0.447. The maximum Gasteiger partial charge on any atom is 0.411 e. The average molecular weight is 262 g/mol. The van der Waals surface area contributed by atoms with Crippen molar-refractivity contribution in [2.75, 3.05) is 25.0 Å². The fraction of sp³-hybridized carbons (Fsp3) is 0.429. The van der Waals surface area contributed by atoms with Gasteiger partial charge < -0.3 is 10.1 Å². The van der Waals surface area contributed by atoms with E-state index in [1.807, 2.05) is 0 Å². The van der Waals surface area contributed by atoms with E-state index in [1.165, 1.54) is 0 Å². The third kappa shape index (κ3) is 4.37. The van der Waals surface area contributed by atoms with E-state index in [2.05, 4.69) is 10.6 Å². The maximum absolute atomic E-state index is 11.6. The van der Waals surface area contributed by atoms with Crippen molar-refractivity contribution < 1.29 is 14.3 Å². The van der Waals surface area contributed by atoms with Crippen LogP contribution in [0.3, 0.4) is 0 Å². The molecule has 0 aromatic heterocycles. The third-order valence-corrected chi connectivity index (χ3v) is 3.20. The van der Waals surface area contributed by atoms with Crippen molar-refractivity contribution in [1.82, 2.24) is 5.32 Å². The minimum absolute atomic E-state index is 0.447. The molecule has 1 saturated heterocycles. The molecule has 0 atom stereocenters. The Morgan fingerprint density at radius 2 is 2.00 bits per heavy atom. The van der Waals surface area contributed by atoms with Gasteiger partial charge in [-0.3, -0.25) is 10.1 Å². The van der Waals surface area contributed by atoms with Crippen molar-refractivity contribution in [2.45, 2.75) is 12.8 Å². The van der Waals surface area contributed by atoms with Gasteiger partial charge in [-0.15, -0.1) is 0 Å². The number of ether oxygens (including phenoxy) is 1. The molecule has 0 unspecified atom stereocenters. The minimum Gasteiger partial charge on any atom is -0.449 e. The van der Waals surface area contributed by atoms with E-state index in [4.69, 9.17) is 4.74 Å². The van der Waals surface area contributed by atoms with Crippen molar-refractivity contribution >= 4 is 18.1 Å². The molecule has 102 valence electrons. The zero-order valence-electron chi connectivity index (χ0n) is 10.7. The lowest BCUT2D eigenvalue weighted by Crippen LogP contribution is -2.31. The van der Waals surface area contributed by atoms with Gasteiger partial charge in [-0.1, -0.05) is 0 Å². The molecule has 1 fully saturated rings. The van der Waals surface area contributed by atoms with Crippen molar-refractivity contribution in [3.63, 3.8) is 0 Å². The molecule has 1 aliphatic heterocycles. The van der Waals surface area contributed by atoms with Gasteiger partial charge in [0.25, 0.3) is 0 Å². The lowest BCUT2D eigenvalue weighted by Gasteiger charge is -2.22. The van der Waals surface area contributed by atoms with Crippen LogP contribution < -0.4 is 10.6 Å². The van der Waals surface area contributed by atoms with Gasteiger partial charge >= 0.3 is 6.09 Å². The number of nitrogens with one attached hydrogen (secondary N) is 2. The SMILES string of the molecule is O=Cc1ccc(NC(=O)OCC2CCNCC2)cc1. The largest absolute Gasteiger partial charge is 0.449 e. The van der Waals surface area contributed by atoms with E-state index in [0.29, 0.717) is 23.8 Å². The first-order valence-corrected chi connectivity index (χ1v) is 6.47. The number of anilines is 1. The van der Waals surface area contributed by atoms with E-state index in [1.54, 1.807) is 24.3 Å². The number of benzene rings is 1. The standard InChI is InChI=1S/C14H18N2O3/c17-9-11-1-3-13(4-2-11)16-14(18)19-10-12-5-7-15-8-6-12/h1-4,9,12,15H,5-8,10H2,(H,16,18). The predicted octanol–water partition coefficient (Wildman–Crippen LogP) is 2.05. The molecule has 0 saturated carbocycles. The quantitative estimate of drug-likeness (QED) is 0.815. The van der Waals surface area contributed by atoms with Gasteiger partial charge in [0.15, 0.2) is 0 Å². The Balaban J connectivity index is 1.75. The summed E-state index contributed by atoms with van der Waals surface area (Å²) < 4.78 is 5.19. The fourth-order valence-electron chi connectivity index (χ4n) is 2.04. The van der Waals surface area contributed by atoms with E-state index in [9.17, 15) is 9.59 Å². The highest BCUT2D eigenvalue weighted by Gasteiger charge is 2.15. The summed E-state index contributed by atoms with van der Waals surface area (Å²) in [6.07, 6.45) is 2.40. The summed E-state index contributed by atoms with van der Waals surface area (Å²) >= 11 is 0. The summed E-state index contributed by atoms with van der Waals surface area (Å²) in [7, 11) is 0. The molecule has 1 aromatic rings. The van der Waals surface area contributed by atoms with Crippen LogP contribution in [0.1, 0.15) is 23.2 Å². The lowest BCUT2D eigenvalue weighted by atomic mass is 9.99. The summed E-state index contributed by atoms with van der Waals surface area (Å²) in [5.74, 6) is 0.449. The van der Waals surface area contributed by atoms with Crippen LogP contribution in [0.4, 0.5) is 10.5 Å². The molecular weight excluding hydrogens is 244 g/mol. The fourth-order valence-corrected chi connectivity index (χ4v) is 2.04. The molecule has 1 amide bonds. The van der Waals surface area contributed by atoms with Crippen LogP contribution in [0.5, 0.6) is 0 Å². The summed E-state index contributed by atoms with van der Waals surface area (Å²) in [4.78, 5) is 22.1. The Bertz CT molecular complexity index is 425. The van der Waals surface area contributed by atoms with Gasteiger partial charge in [0.2, 0.25) is 0 Å². The lowest BCUT2D eigenvalue weighted by molar-refractivity contribution is 0.112. The number of aldehydes is 1. The number of hydrogen-bond acceptors (Lipinski definition) is 4. The topological polar surface area (TPSA) is 67.4 Å². The molecule has 5 heteroatoms. The van der Waals surface area contributed by atoms with Crippen LogP contribution in [0.2, 0.25) is 0 Å². The second kappa shape index (κ2) is 6.89. The van der Waals surface area contributed by atoms with E-state index in [0.717, 1.165) is 32.2 Å². The molecular formula is C14H18N2O3. The molecule has 2 rings (SSSR count). The Kier molecular flexibility index (Phi) is 4.92. The molecule has 0 aliphatic carbocycles. The zero-order chi connectivity index (χ0) is 13.5. The van der Waals surface area contributed by atoms with Crippen molar-refractivity contribution in [3.8, 4) is 0 Å². The van der Waals surface area contributed by atoms with Crippen molar-refractivity contribution in [1.29, 1.82) is 0 Å². The molecule has 2 N–H and O–H groups in total. The monoisotopic (exact) mass is 262 g/mol. The Morgan fingerprint density at radius 3 is 2.63 bits per heavy atom. The second-order valence-electron chi connectivity index (χ2n) is 4.66. The Labute approximate surface area is 112 Å². The van der Waals surface area contributed by atoms with Gasteiger partial charge in [0.1, 0.15) is 6.29 Å². The van der Waals surface area contributed by atoms with Crippen LogP contribution in [-0.2, 0) is 4.74 Å². The summed E-state index contributed by atoms with van der Waals surface area (Å²) in [5, 5.41) is 5.91. The number of amides is 1. The Morgan fingerprint density at radius 1 is 1.32 bits per heavy atom. The summed E-state index contributed by atoms with van der Waals surface area (Å²) in [5.41, 5.74) is 1.20. The first-order valence-electron chi connectivity index (χ1n) is 6.47. The van der Waals surface area contributed by atoms with Crippen LogP contribution in [-0.4, -0.2) is 32.1 Å². The van der Waals surface area contributed by atoms with Crippen LogP contribution in [0, 0.1) is 5.92 Å². The van der Waals surface area contributed by atoms with Gasteiger partial charge in [-0.25, -0.2) is 4.79 Å². The molecule has 0 radical (unpaired) electrons. The number of hydrogen-bond donors (Lipinski definition) is 2. The molecule has 19 heavy (non-hydrogen) atoms. The number of carbonyl (C=O) groups is 2. The first kappa shape index (κ1) is 13.5. The number of piperidine rings is 1. The van der Waals surface area contributed by atoms with Crippen LogP contribution >= 0.6 is 0 Å². The normalized spacial score (nSPS) is 15.8. The number of rotatable bonds is 4. The molecule has 1 aliphatic rings. The molecule has 1 aromatic carbocycles. The first-order chi connectivity index (χ1) is 9.28. The number of carbonyl (C=O) groups excluding carboxylic acids is 2. The smallest absolute Gasteiger partial charge is 0.411 e. The summed E-state index contributed by atoms with van der Waals surface area (Å²) in [6.45, 7) is 2.44. The third-order valence-electron chi connectivity index (χ3n) is 3.20. The Hall–Kier alpha value is -1.88. The molecule has 1 heterocycles. The highest BCUT2D eigenvalue weighted by atomic mass is 16.5. The highest BCUT2D eigenvalue weighted by Crippen LogP contribution is 2.13. The van der Waals surface area contributed by atoms with E-state index >= 15 is 0 Å². The van der Waals surface area contributed by atoms with Crippen LogP contribution in [0.25, 0.3) is 0 Å². The van der Waals surface area contributed by atoms with Gasteiger partial charge in [-0.2, -0.15) is 0 Å². The van der Waals surface area contributed by atoms with Gasteiger partial charge in [0.05, 0.1) is 6.61 Å². The molecule has 5 nitrogen and oxygen atoms in total. The molecule has 0 bridgehead atoms. The summed E-state index contributed by atoms with van der Waals surface area (Å²) in [6, 6.07) is 6.65. The van der Waals surface area contributed by atoms with E-state index in [-0.39, 0.29) is 0 Å². The van der Waals surface area contributed by atoms with E-state index < -0.39 is 6.09 Å². The van der Waals surface area contributed by atoms with Crippen molar-refractivity contribution in [2.24, 2.45) is 5.92 Å². The predicted molar refractivity (Wildman–Crippen MR) is 72.4 cm³/mol. The second-order valence-corrected chi connectivity index (χ2v) is 4.66. The molecule has 0 spiro atoms. The van der Waals surface area contributed by atoms with Gasteiger partial charge in [-0.05, 0) is 56.1 Å². The highest BCUT2D eigenvalue weighted by molar-refractivity contribution is 5.85. The van der Waals surface area contributed by atoms with Crippen molar-refractivity contribution in [3.05, 3.63) is 29.8 Å². The van der Waals surface area contributed by atoms with Crippen LogP contribution in [0.15, 0.2) is 24.3 Å².